The van der Waals surface area contributed by atoms with Crippen LogP contribution in [0.1, 0.15) is 66.2 Å². The van der Waals surface area contributed by atoms with Gasteiger partial charge in [0.1, 0.15) is 5.82 Å². The number of nitrogens with zero attached hydrogens (tertiary/aromatic N) is 1. The molecule has 2 N–H and O–H groups in total. The molecule has 150 valence electrons. The van der Waals surface area contributed by atoms with Gasteiger partial charge in [-0.15, -0.1) is 6.58 Å². The van der Waals surface area contributed by atoms with Crippen LogP contribution in [0.15, 0.2) is 61.2 Å². The fourth-order valence-electron chi connectivity index (χ4n) is 4.31. The molecule has 1 fully saturated rings. The van der Waals surface area contributed by atoms with Gasteiger partial charge < -0.3 is 10.3 Å². The topological polar surface area (TPSA) is 57.8 Å². The Kier molecular flexibility index (Phi) is 6.09. The number of nitrogens with one attached hydrogen (secondary N) is 2. The molecule has 4 heteroatoms. The highest BCUT2D eigenvalue weighted by Crippen LogP contribution is 2.28. The van der Waals surface area contributed by atoms with E-state index in [1.165, 1.54) is 32.1 Å². The standard InChI is InChI=1S/C25H29N3O/c1-2-8-21(24-27-22-11-6-7-12-23(22)28-24)19-13-15-20(16-14-19)25(29)26-17-18-9-4-3-5-10-18/h2,6-7,11-16,18,21H,1,3-5,8-10,17H2,(H,26,29)(H,27,28). The molecule has 1 amide bonds. The molecule has 1 aromatic heterocycles. The summed E-state index contributed by atoms with van der Waals surface area (Å²) in [6, 6.07) is 16.0. The van der Waals surface area contributed by atoms with Gasteiger partial charge in [0.25, 0.3) is 5.91 Å². The van der Waals surface area contributed by atoms with E-state index in [0.717, 1.165) is 35.4 Å². The smallest absolute Gasteiger partial charge is 0.251 e. The van der Waals surface area contributed by atoms with Gasteiger partial charge in [0, 0.05) is 18.0 Å². The quantitative estimate of drug-likeness (QED) is 0.520. The first-order valence-electron chi connectivity index (χ1n) is 10.7. The number of benzene rings is 2. The van der Waals surface area contributed by atoms with Crippen LogP contribution in [0.25, 0.3) is 11.0 Å². The molecule has 3 aromatic rings. The average Bonchev–Trinajstić information content (AvgIpc) is 3.20. The lowest BCUT2D eigenvalue weighted by molar-refractivity contribution is 0.0943. The molecule has 1 aliphatic carbocycles. The van der Waals surface area contributed by atoms with Gasteiger partial charge in [-0.25, -0.2) is 4.98 Å². The lowest BCUT2D eigenvalue weighted by Crippen LogP contribution is -2.30. The molecule has 0 bridgehead atoms. The van der Waals surface area contributed by atoms with E-state index in [1.54, 1.807) is 0 Å². The highest BCUT2D eigenvalue weighted by atomic mass is 16.1. The van der Waals surface area contributed by atoms with E-state index in [4.69, 9.17) is 4.98 Å². The van der Waals surface area contributed by atoms with Gasteiger partial charge in [0.05, 0.1) is 11.0 Å². The van der Waals surface area contributed by atoms with Crippen LogP contribution in [0.5, 0.6) is 0 Å². The van der Waals surface area contributed by atoms with E-state index in [2.05, 4.69) is 16.9 Å². The first-order chi connectivity index (χ1) is 14.2. The van der Waals surface area contributed by atoms with Crippen molar-refractivity contribution in [3.05, 3.63) is 78.1 Å². The highest BCUT2D eigenvalue weighted by molar-refractivity contribution is 5.94. The predicted molar refractivity (Wildman–Crippen MR) is 118 cm³/mol. The zero-order valence-electron chi connectivity index (χ0n) is 16.9. The maximum absolute atomic E-state index is 12.5. The Labute approximate surface area is 172 Å². The molecule has 1 aliphatic rings. The molecule has 4 rings (SSSR count). The summed E-state index contributed by atoms with van der Waals surface area (Å²) in [5.74, 6) is 1.68. The fourth-order valence-corrected chi connectivity index (χ4v) is 4.31. The van der Waals surface area contributed by atoms with Crippen molar-refractivity contribution in [1.82, 2.24) is 15.3 Å². The first-order valence-corrected chi connectivity index (χ1v) is 10.7. The van der Waals surface area contributed by atoms with Crippen molar-refractivity contribution in [1.29, 1.82) is 0 Å². The van der Waals surface area contributed by atoms with Crippen molar-refractivity contribution < 1.29 is 4.79 Å². The normalized spacial score (nSPS) is 15.9. The number of aromatic nitrogens is 2. The van der Waals surface area contributed by atoms with Gasteiger partial charge in [0.15, 0.2) is 0 Å². The summed E-state index contributed by atoms with van der Waals surface area (Å²) >= 11 is 0. The van der Waals surface area contributed by atoms with E-state index in [0.29, 0.717) is 11.5 Å². The van der Waals surface area contributed by atoms with E-state index in [9.17, 15) is 4.79 Å². The van der Waals surface area contributed by atoms with E-state index in [1.807, 2.05) is 54.6 Å². The molecule has 1 heterocycles. The van der Waals surface area contributed by atoms with E-state index in [-0.39, 0.29) is 11.8 Å². The summed E-state index contributed by atoms with van der Waals surface area (Å²) in [5.41, 5.74) is 3.85. The van der Waals surface area contributed by atoms with Crippen molar-refractivity contribution in [2.45, 2.75) is 44.4 Å². The number of carbonyl (C=O) groups excluding carboxylic acids is 1. The SMILES string of the molecule is C=CCC(c1ccc(C(=O)NCC2CCCCC2)cc1)c1nc2ccccc2[nH]1. The average molecular weight is 388 g/mol. The van der Waals surface area contributed by atoms with Crippen LogP contribution < -0.4 is 5.32 Å². The van der Waals surface area contributed by atoms with Gasteiger partial charge in [-0.2, -0.15) is 0 Å². The number of imidazole rings is 1. The van der Waals surface area contributed by atoms with Crippen LogP contribution in [-0.2, 0) is 0 Å². The van der Waals surface area contributed by atoms with Crippen molar-refractivity contribution in [3.63, 3.8) is 0 Å². The molecule has 0 spiro atoms. The third-order valence-corrected chi connectivity index (χ3v) is 5.99. The van der Waals surface area contributed by atoms with E-state index >= 15 is 0 Å². The summed E-state index contributed by atoms with van der Waals surface area (Å²) in [5, 5.41) is 3.12. The molecule has 4 nitrogen and oxygen atoms in total. The van der Waals surface area contributed by atoms with Crippen molar-refractivity contribution in [2.24, 2.45) is 5.92 Å². The number of H-pyrrole nitrogens is 1. The Balaban J connectivity index is 1.46. The maximum atomic E-state index is 12.5. The number of para-hydroxylation sites is 2. The van der Waals surface area contributed by atoms with Crippen LogP contribution in [-0.4, -0.2) is 22.4 Å². The molecule has 0 saturated heterocycles. The molecule has 1 atom stereocenters. The second kappa shape index (κ2) is 9.08. The Hall–Kier alpha value is -2.88. The molecule has 1 unspecified atom stereocenters. The van der Waals surface area contributed by atoms with Gasteiger partial charge in [-0.3, -0.25) is 4.79 Å². The molecule has 0 aliphatic heterocycles. The Morgan fingerprint density at radius 1 is 1.14 bits per heavy atom. The molecular weight excluding hydrogens is 358 g/mol. The summed E-state index contributed by atoms with van der Waals surface area (Å²) in [4.78, 5) is 20.7. The summed E-state index contributed by atoms with van der Waals surface area (Å²) in [6.07, 6.45) is 9.10. The second-order valence-corrected chi connectivity index (χ2v) is 8.05. The lowest BCUT2D eigenvalue weighted by atomic mass is 9.89. The van der Waals surface area contributed by atoms with Crippen LogP contribution in [0, 0.1) is 5.92 Å². The molecule has 0 radical (unpaired) electrons. The number of aromatic amines is 1. The lowest BCUT2D eigenvalue weighted by Gasteiger charge is -2.21. The molecular formula is C25H29N3O. The minimum absolute atomic E-state index is 0.0196. The van der Waals surface area contributed by atoms with Crippen LogP contribution in [0.3, 0.4) is 0 Å². The summed E-state index contributed by atoms with van der Waals surface area (Å²) in [6.45, 7) is 4.70. The molecule has 29 heavy (non-hydrogen) atoms. The first kappa shape index (κ1) is 19.4. The van der Waals surface area contributed by atoms with Crippen LogP contribution >= 0.6 is 0 Å². The number of hydrogen-bond donors (Lipinski definition) is 2. The van der Waals surface area contributed by atoms with E-state index < -0.39 is 0 Å². The van der Waals surface area contributed by atoms with Crippen LogP contribution in [0.4, 0.5) is 0 Å². The van der Waals surface area contributed by atoms with Crippen LogP contribution in [0.2, 0.25) is 0 Å². The number of amides is 1. The minimum Gasteiger partial charge on any atom is -0.352 e. The zero-order chi connectivity index (χ0) is 20.1. The third-order valence-electron chi connectivity index (χ3n) is 5.99. The highest BCUT2D eigenvalue weighted by Gasteiger charge is 2.18. The summed E-state index contributed by atoms with van der Waals surface area (Å²) < 4.78 is 0. The minimum atomic E-state index is 0.0196. The monoisotopic (exact) mass is 387 g/mol. The van der Waals surface area contributed by atoms with Gasteiger partial charge in [-0.1, -0.05) is 49.6 Å². The number of allylic oxidation sites excluding steroid dienone is 1. The largest absolute Gasteiger partial charge is 0.352 e. The third kappa shape index (κ3) is 4.58. The van der Waals surface area contributed by atoms with Gasteiger partial charge in [-0.05, 0) is 55.0 Å². The Morgan fingerprint density at radius 3 is 2.62 bits per heavy atom. The van der Waals surface area contributed by atoms with Crippen molar-refractivity contribution in [2.75, 3.05) is 6.54 Å². The molecule has 2 aromatic carbocycles. The zero-order valence-corrected chi connectivity index (χ0v) is 16.9. The second-order valence-electron chi connectivity index (χ2n) is 8.05. The number of rotatable bonds is 7. The Bertz CT molecular complexity index is 934. The van der Waals surface area contributed by atoms with Crippen molar-refractivity contribution >= 4 is 16.9 Å². The van der Waals surface area contributed by atoms with Gasteiger partial charge >= 0.3 is 0 Å². The Morgan fingerprint density at radius 2 is 1.90 bits per heavy atom. The number of fused-ring (bicyclic) bond motifs is 1. The summed E-state index contributed by atoms with van der Waals surface area (Å²) in [7, 11) is 0. The van der Waals surface area contributed by atoms with Gasteiger partial charge in [0.2, 0.25) is 0 Å². The number of carbonyl (C=O) groups is 1. The number of hydrogen-bond acceptors (Lipinski definition) is 2. The maximum Gasteiger partial charge on any atom is 0.251 e. The fraction of sp³-hybridized carbons (Fsp3) is 0.360. The predicted octanol–water partition coefficient (Wildman–Crippen LogP) is 5.58. The van der Waals surface area contributed by atoms with Crippen molar-refractivity contribution in [3.8, 4) is 0 Å². The molecule has 1 saturated carbocycles.